The minimum atomic E-state index is -4.38. The SMILES string of the molecule is C=C(N=C/C=C(\C)C(F)(F)F)c1cc(CCC(C)C)cc(/C(CC)=C(\C#N)NCC)c1. The number of nitrogens with zero attached hydrogens (tertiary/aromatic N) is 2. The first kappa shape index (κ1) is 26.2. The zero-order valence-electron chi connectivity index (χ0n) is 19.0. The molecule has 6 heteroatoms. The predicted molar refractivity (Wildman–Crippen MR) is 123 cm³/mol. The lowest BCUT2D eigenvalue weighted by Gasteiger charge is -2.15. The van der Waals surface area contributed by atoms with E-state index in [0.29, 0.717) is 30.3 Å². The van der Waals surface area contributed by atoms with Crippen molar-refractivity contribution in [1.29, 1.82) is 5.26 Å². The lowest BCUT2D eigenvalue weighted by molar-refractivity contribution is -0.0911. The van der Waals surface area contributed by atoms with Crippen LogP contribution in [0.2, 0.25) is 0 Å². The minimum Gasteiger partial charge on any atom is -0.377 e. The summed E-state index contributed by atoms with van der Waals surface area (Å²) >= 11 is 0. The molecule has 0 heterocycles. The zero-order valence-corrected chi connectivity index (χ0v) is 19.0. The van der Waals surface area contributed by atoms with Gasteiger partial charge in [0.2, 0.25) is 0 Å². The molecule has 0 bridgehead atoms. The van der Waals surface area contributed by atoms with Gasteiger partial charge in [-0.25, -0.2) is 0 Å². The number of hydrogen-bond acceptors (Lipinski definition) is 3. The molecule has 0 aliphatic rings. The molecule has 0 amide bonds. The molecule has 0 aliphatic carbocycles. The van der Waals surface area contributed by atoms with Crippen LogP contribution in [0.3, 0.4) is 0 Å². The summed E-state index contributed by atoms with van der Waals surface area (Å²) in [5.74, 6) is 0.529. The fourth-order valence-corrected chi connectivity index (χ4v) is 2.96. The van der Waals surface area contributed by atoms with Crippen LogP contribution >= 0.6 is 0 Å². The summed E-state index contributed by atoms with van der Waals surface area (Å²) in [5.41, 5.74) is 3.77. The second kappa shape index (κ2) is 12.1. The first-order valence-electron chi connectivity index (χ1n) is 10.5. The van der Waals surface area contributed by atoms with E-state index in [2.05, 4.69) is 42.9 Å². The fraction of sp³-hybridized carbons (Fsp3) is 0.440. The normalized spacial score (nSPS) is 13.4. The van der Waals surface area contributed by atoms with Crippen LogP contribution in [0.5, 0.6) is 0 Å². The first-order chi connectivity index (χ1) is 14.5. The Labute approximate surface area is 184 Å². The third kappa shape index (κ3) is 8.45. The van der Waals surface area contributed by atoms with E-state index < -0.39 is 11.7 Å². The van der Waals surface area contributed by atoms with Crippen molar-refractivity contribution < 1.29 is 13.2 Å². The average molecular weight is 432 g/mol. The topological polar surface area (TPSA) is 48.2 Å². The summed E-state index contributed by atoms with van der Waals surface area (Å²) < 4.78 is 38.0. The van der Waals surface area contributed by atoms with Crippen LogP contribution in [-0.2, 0) is 6.42 Å². The highest BCUT2D eigenvalue weighted by Crippen LogP contribution is 2.28. The summed E-state index contributed by atoms with van der Waals surface area (Å²) in [5, 5.41) is 12.7. The molecule has 0 aliphatic heterocycles. The van der Waals surface area contributed by atoms with Crippen LogP contribution in [-0.4, -0.2) is 18.9 Å². The van der Waals surface area contributed by atoms with Gasteiger partial charge in [-0.2, -0.15) is 18.4 Å². The number of nitriles is 1. The molecule has 0 unspecified atom stereocenters. The van der Waals surface area contributed by atoms with E-state index >= 15 is 0 Å². The average Bonchev–Trinajstić information content (AvgIpc) is 2.71. The Balaban J connectivity index is 3.43. The number of allylic oxidation sites excluding steroid dienone is 4. The van der Waals surface area contributed by atoms with Gasteiger partial charge >= 0.3 is 6.18 Å². The third-order valence-electron chi connectivity index (χ3n) is 4.81. The van der Waals surface area contributed by atoms with Crippen molar-refractivity contribution >= 4 is 17.5 Å². The molecule has 0 aromatic heterocycles. The van der Waals surface area contributed by atoms with E-state index in [0.717, 1.165) is 54.3 Å². The van der Waals surface area contributed by atoms with Gasteiger partial charge < -0.3 is 5.32 Å². The molecule has 0 saturated heterocycles. The molecule has 1 aromatic rings. The molecular weight excluding hydrogens is 399 g/mol. The lowest BCUT2D eigenvalue weighted by Crippen LogP contribution is -2.13. The second-order valence-corrected chi connectivity index (χ2v) is 7.77. The fourth-order valence-electron chi connectivity index (χ4n) is 2.96. The molecule has 0 spiro atoms. The summed E-state index contributed by atoms with van der Waals surface area (Å²) in [6.45, 7) is 13.8. The van der Waals surface area contributed by atoms with Gasteiger partial charge in [-0.05, 0) is 73.9 Å². The third-order valence-corrected chi connectivity index (χ3v) is 4.81. The maximum Gasteiger partial charge on any atom is 0.412 e. The Morgan fingerprint density at radius 3 is 2.39 bits per heavy atom. The van der Waals surface area contributed by atoms with Gasteiger partial charge in [0.1, 0.15) is 11.8 Å². The molecule has 1 aromatic carbocycles. The Bertz CT molecular complexity index is 898. The number of aliphatic imine (C=N–C) groups is 1. The molecule has 31 heavy (non-hydrogen) atoms. The summed E-state index contributed by atoms with van der Waals surface area (Å²) in [6.07, 6.45) is 0.190. The van der Waals surface area contributed by atoms with Crippen molar-refractivity contribution in [2.45, 2.75) is 60.1 Å². The number of halogens is 3. The maximum absolute atomic E-state index is 12.7. The Morgan fingerprint density at radius 2 is 1.87 bits per heavy atom. The summed E-state index contributed by atoms with van der Waals surface area (Å²) in [7, 11) is 0. The second-order valence-electron chi connectivity index (χ2n) is 7.77. The molecule has 0 radical (unpaired) electrons. The van der Waals surface area contributed by atoms with Crippen molar-refractivity contribution in [3.63, 3.8) is 0 Å². The lowest BCUT2D eigenvalue weighted by atomic mass is 9.93. The predicted octanol–water partition coefficient (Wildman–Crippen LogP) is 7.08. The minimum absolute atomic E-state index is 0.372. The van der Waals surface area contributed by atoms with E-state index in [1.54, 1.807) is 0 Å². The summed E-state index contributed by atoms with van der Waals surface area (Å²) in [6, 6.07) is 8.17. The van der Waals surface area contributed by atoms with Crippen LogP contribution in [0.4, 0.5) is 13.2 Å². The Hall–Kier alpha value is -2.81. The van der Waals surface area contributed by atoms with Crippen LogP contribution < -0.4 is 5.32 Å². The van der Waals surface area contributed by atoms with Gasteiger partial charge in [0, 0.05) is 23.9 Å². The van der Waals surface area contributed by atoms with Gasteiger partial charge in [0.15, 0.2) is 0 Å². The largest absolute Gasteiger partial charge is 0.412 e. The van der Waals surface area contributed by atoms with Gasteiger partial charge in [-0.15, -0.1) is 0 Å². The number of nitrogens with one attached hydrogen (secondary N) is 1. The zero-order chi connectivity index (χ0) is 23.6. The van der Waals surface area contributed by atoms with Crippen molar-refractivity contribution in [3.05, 3.63) is 58.8 Å². The van der Waals surface area contributed by atoms with Crippen molar-refractivity contribution in [2.24, 2.45) is 10.9 Å². The van der Waals surface area contributed by atoms with Crippen LogP contribution in [0, 0.1) is 17.2 Å². The molecule has 0 atom stereocenters. The van der Waals surface area contributed by atoms with E-state index in [1.165, 1.54) is 0 Å². The number of aryl methyl sites for hydroxylation is 1. The molecule has 168 valence electrons. The highest BCUT2D eigenvalue weighted by molar-refractivity contribution is 5.81. The monoisotopic (exact) mass is 431 g/mol. The summed E-state index contributed by atoms with van der Waals surface area (Å²) in [4.78, 5) is 4.12. The first-order valence-corrected chi connectivity index (χ1v) is 10.5. The van der Waals surface area contributed by atoms with Gasteiger partial charge in [-0.1, -0.05) is 33.4 Å². The number of rotatable bonds is 10. The molecule has 0 fully saturated rings. The molecule has 0 saturated carbocycles. The highest BCUT2D eigenvalue weighted by atomic mass is 19.4. The van der Waals surface area contributed by atoms with Crippen molar-refractivity contribution in [2.75, 3.05) is 6.54 Å². The molecule has 3 nitrogen and oxygen atoms in total. The maximum atomic E-state index is 12.7. The van der Waals surface area contributed by atoms with Crippen LogP contribution in [0.1, 0.15) is 64.2 Å². The quantitative estimate of drug-likeness (QED) is 0.318. The van der Waals surface area contributed by atoms with Gasteiger partial charge in [0.05, 0.1) is 5.70 Å². The van der Waals surface area contributed by atoms with E-state index in [4.69, 9.17) is 0 Å². The van der Waals surface area contributed by atoms with Crippen molar-refractivity contribution in [1.82, 2.24) is 5.32 Å². The number of benzene rings is 1. The molecule has 1 N–H and O–H groups in total. The van der Waals surface area contributed by atoms with E-state index in [1.807, 2.05) is 26.0 Å². The number of alkyl halides is 3. The van der Waals surface area contributed by atoms with Crippen LogP contribution in [0.25, 0.3) is 11.3 Å². The van der Waals surface area contributed by atoms with Crippen molar-refractivity contribution in [3.8, 4) is 6.07 Å². The van der Waals surface area contributed by atoms with E-state index in [-0.39, 0.29) is 0 Å². The number of hydrogen-bond donors (Lipinski definition) is 1. The van der Waals surface area contributed by atoms with Crippen LogP contribution in [0.15, 0.2) is 47.1 Å². The Kier molecular flexibility index (Phi) is 10.3. The van der Waals surface area contributed by atoms with Gasteiger partial charge in [0.25, 0.3) is 0 Å². The molecular formula is C25H32F3N3. The van der Waals surface area contributed by atoms with Gasteiger partial charge in [-0.3, -0.25) is 4.99 Å². The van der Waals surface area contributed by atoms with E-state index in [9.17, 15) is 18.4 Å². The highest BCUT2D eigenvalue weighted by Gasteiger charge is 2.29. The smallest absolute Gasteiger partial charge is 0.377 e. The standard InChI is InChI=1S/C25H32F3N3/c1-7-23(24(16-29)30-8-2)22-14-20(10-9-17(3)4)13-21(15-22)19(6)31-12-11-18(5)25(26,27)28/h11-15,17,30H,6-10H2,1-5H3/b18-11+,24-23+,31-12?. The molecule has 1 rings (SSSR count). The Morgan fingerprint density at radius 1 is 1.23 bits per heavy atom.